The Morgan fingerprint density at radius 3 is 2.31 bits per heavy atom. The second kappa shape index (κ2) is 9.34. The predicted octanol–water partition coefficient (Wildman–Crippen LogP) is 5.26. The molecule has 0 unspecified atom stereocenters. The molecule has 0 fully saturated rings. The molecule has 148 valence electrons. The van der Waals surface area contributed by atoms with Crippen molar-refractivity contribution < 1.29 is 18.7 Å². The van der Waals surface area contributed by atoms with Crippen LogP contribution in [0.25, 0.3) is 11.1 Å². The van der Waals surface area contributed by atoms with E-state index in [9.17, 15) is 14.0 Å². The molecule has 1 N–H and O–H groups in total. The summed E-state index contributed by atoms with van der Waals surface area (Å²) in [6.07, 6.45) is -0.975. The van der Waals surface area contributed by atoms with Crippen molar-refractivity contribution in [3.8, 4) is 11.1 Å². The Kier molecular flexibility index (Phi) is 6.62. The number of nitrogens with one attached hydrogen (secondary N) is 1. The van der Waals surface area contributed by atoms with Crippen LogP contribution in [0.4, 0.5) is 10.1 Å². The Bertz CT molecular complexity index is 1010. The van der Waals surface area contributed by atoms with Crippen LogP contribution >= 0.6 is 11.6 Å². The average molecular weight is 412 g/mol. The number of halogens is 2. The van der Waals surface area contributed by atoms with Crippen molar-refractivity contribution in [2.45, 2.75) is 19.4 Å². The minimum atomic E-state index is -1.02. The van der Waals surface area contributed by atoms with Gasteiger partial charge in [0.25, 0.3) is 5.91 Å². The normalized spacial score (nSPS) is 11.6. The zero-order chi connectivity index (χ0) is 20.8. The molecule has 0 aliphatic rings. The number of ether oxygens (including phenoxy) is 1. The molecule has 0 heterocycles. The summed E-state index contributed by atoms with van der Waals surface area (Å²) in [6, 6.07) is 21.1. The van der Waals surface area contributed by atoms with Crippen molar-refractivity contribution >= 4 is 29.2 Å². The highest BCUT2D eigenvalue weighted by atomic mass is 35.5. The third kappa shape index (κ3) is 5.65. The van der Waals surface area contributed by atoms with Gasteiger partial charge in [0.15, 0.2) is 6.10 Å². The second-order valence-electron chi connectivity index (χ2n) is 6.49. The van der Waals surface area contributed by atoms with Crippen LogP contribution in [0.2, 0.25) is 5.02 Å². The molecule has 0 bridgehead atoms. The van der Waals surface area contributed by atoms with Gasteiger partial charge in [-0.25, -0.2) is 4.39 Å². The molecule has 1 atom stereocenters. The Morgan fingerprint density at radius 1 is 1.00 bits per heavy atom. The SMILES string of the molecule is C[C@@H](OC(=O)Cc1ccc(-c2ccccc2)cc1)C(=O)Nc1ccc(F)cc1Cl. The van der Waals surface area contributed by atoms with E-state index in [0.717, 1.165) is 22.8 Å². The summed E-state index contributed by atoms with van der Waals surface area (Å²) in [4.78, 5) is 24.4. The molecule has 3 aromatic carbocycles. The van der Waals surface area contributed by atoms with E-state index in [2.05, 4.69) is 5.32 Å². The zero-order valence-corrected chi connectivity index (χ0v) is 16.4. The average Bonchev–Trinajstić information content (AvgIpc) is 2.71. The number of amides is 1. The Balaban J connectivity index is 1.55. The van der Waals surface area contributed by atoms with Gasteiger partial charge in [-0.2, -0.15) is 0 Å². The third-order valence-corrected chi connectivity index (χ3v) is 4.59. The molecule has 3 aromatic rings. The highest BCUT2D eigenvalue weighted by molar-refractivity contribution is 6.33. The fourth-order valence-corrected chi connectivity index (χ4v) is 2.94. The van der Waals surface area contributed by atoms with Gasteiger partial charge in [-0.05, 0) is 41.8 Å². The van der Waals surface area contributed by atoms with E-state index in [1.807, 2.05) is 54.6 Å². The van der Waals surface area contributed by atoms with Gasteiger partial charge in [0.05, 0.1) is 17.1 Å². The first kappa shape index (κ1) is 20.6. The largest absolute Gasteiger partial charge is 0.452 e. The van der Waals surface area contributed by atoms with Crippen molar-refractivity contribution in [3.05, 3.63) is 89.2 Å². The molecular weight excluding hydrogens is 393 g/mol. The number of hydrogen-bond donors (Lipinski definition) is 1. The van der Waals surface area contributed by atoms with Gasteiger partial charge in [0.2, 0.25) is 0 Å². The summed E-state index contributed by atoms with van der Waals surface area (Å²) in [5.74, 6) is -1.58. The van der Waals surface area contributed by atoms with Gasteiger partial charge in [0.1, 0.15) is 5.82 Å². The lowest BCUT2D eigenvalue weighted by atomic mass is 10.0. The number of carbonyl (C=O) groups is 2. The van der Waals surface area contributed by atoms with Gasteiger partial charge >= 0.3 is 5.97 Å². The Hall–Kier alpha value is -3.18. The highest BCUT2D eigenvalue weighted by Crippen LogP contribution is 2.23. The van der Waals surface area contributed by atoms with Crippen molar-refractivity contribution in [1.29, 1.82) is 0 Å². The fourth-order valence-electron chi connectivity index (χ4n) is 2.73. The van der Waals surface area contributed by atoms with Crippen LogP contribution < -0.4 is 5.32 Å². The lowest BCUT2D eigenvalue weighted by molar-refractivity contribution is -0.152. The lowest BCUT2D eigenvalue weighted by Gasteiger charge is -2.14. The first-order chi connectivity index (χ1) is 13.9. The molecule has 0 aliphatic carbocycles. The van der Waals surface area contributed by atoms with E-state index >= 15 is 0 Å². The van der Waals surface area contributed by atoms with Gasteiger partial charge < -0.3 is 10.1 Å². The van der Waals surface area contributed by atoms with Crippen LogP contribution in [-0.4, -0.2) is 18.0 Å². The van der Waals surface area contributed by atoms with Gasteiger partial charge in [-0.1, -0.05) is 66.2 Å². The molecule has 4 nitrogen and oxygen atoms in total. The summed E-state index contributed by atoms with van der Waals surface area (Å²) >= 11 is 5.89. The highest BCUT2D eigenvalue weighted by Gasteiger charge is 2.19. The van der Waals surface area contributed by atoms with Crippen molar-refractivity contribution in [2.75, 3.05) is 5.32 Å². The molecule has 3 rings (SSSR count). The van der Waals surface area contributed by atoms with Crippen LogP contribution in [0.3, 0.4) is 0 Å². The minimum Gasteiger partial charge on any atom is -0.452 e. The lowest BCUT2D eigenvalue weighted by Crippen LogP contribution is -2.30. The standard InChI is InChI=1S/C23H19ClFNO3/c1-15(23(28)26-21-12-11-19(25)14-20(21)24)29-22(27)13-16-7-9-18(10-8-16)17-5-3-2-4-6-17/h2-12,14-15H,13H2,1H3,(H,26,28)/t15-/m1/s1. The number of hydrogen-bond acceptors (Lipinski definition) is 3. The van der Waals surface area contributed by atoms with Crippen molar-refractivity contribution in [1.82, 2.24) is 0 Å². The maximum atomic E-state index is 13.1. The molecule has 0 radical (unpaired) electrons. The number of benzene rings is 3. The van der Waals surface area contributed by atoms with E-state index < -0.39 is 23.8 Å². The molecule has 0 saturated carbocycles. The molecule has 0 saturated heterocycles. The quantitative estimate of drug-likeness (QED) is 0.563. The Morgan fingerprint density at radius 2 is 1.66 bits per heavy atom. The second-order valence-corrected chi connectivity index (χ2v) is 6.89. The summed E-state index contributed by atoms with van der Waals surface area (Å²) in [5.41, 5.74) is 3.17. The summed E-state index contributed by atoms with van der Waals surface area (Å²) in [5, 5.41) is 2.58. The van der Waals surface area contributed by atoms with Crippen LogP contribution in [0.15, 0.2) is 72.8 Å². The van der Waals surface area contributed by atoms with E-state index in [-0.39, 0.29) is 17.1 Å². The Labute approximate surface area is 173 Å². The first-order valence-electron chi connectivity index (χ1n) is 9.02. The summed E-state index contributed by atoms with van der Waals surface area (Å²) in [7, 11) is 0. The molecule has 1 amide bonds. The van der Waals surface area contributed by atoms with Gasteiger partial charge in [-0.3, -0.25) is 9.59 Å². The number of rotatable bonds is 6. The fraction of sp³-hybridized carbons (Fsp3) is 0.130. The maximum Gasteiger partial charge on any atom is 0.311 e. The van der Waals surface area contributed by atoms with E-state index in [4.69, 9.17) is 16.3 Å². The number of anilines is 1. The molecule has 29 heavy (non-hydrogen) atoms. The zero-order valence-electron chi connectivity index (χ0n) is 15.7. The van der Waals surface area contributed by atoms with E-state index in [1.54, 1.807) is 0 Å². The summed E-state index contributed by atoms with van der Waals surface area (Å²) in [6.45, 7) is 1.46. The van der Waals surface area contributed by atoms with Gasteiger partial charge in [0, 0.05) is 0 Å². The number of carbonyl (C=O) groups excluding carboxylic acids is 2. The predicted molar refractivity (Wildman–Crippen MR) is 111 cm³/mol. The molecule has 6 heteroatoms. The van der Waals surface area contributed by atoms with Crippen LogP contribution in [-0.2, 0) is 20.7 Å². The molecule has 0 spiro atoms. The number of esters is 1. The van der Waals surface area contributed by atoms with Crippen LogP contribution in [0, 0.1) is 5.82 Å². The topological polar surface area (TPSA) is 55.4 Å². The minimum absolute atomic E-state index is 0.0456. The van der Waals surface area contributed by atoms with Crippen LogP contribution in [0.1, 0.15) is 12.5 Å². The molecule has 0 aliphatic heterocycles. The summed E-state index contributed by atoms with van der Waals surface area (Å²) < 4.78 is 18.3. The maximum absolute atomic E-state index is 13.1. The molecular formula is C23H19ClFNO3. The van der Waals surface area contributed by atoms with Crippen molar-refractivity contribution in [3.63, 3.8) is 0 Å². The van der Waals surface area contributed by atoms with Crippen LogP contribution in [0.5, 0.6) is 0 Å². The smallest absolute Gasteiger partial charge is 0.311 e. The van der Waals surface area contributed by atoms with E-state index in [1.165, 1.54) is 19.1 Å². The monoisotopic (exact) mass is 411 g/mol. The van der Waals surface area contributed by atoms with Gasteiger partial charge in [-0.15, -0.1) is 0 Å². The third-order valence-electron chi connectivity index (χ3n) is 4.28. The first-order valence-corrected chi connectivity index (χ1v) is 9.40. The van der Waals surface area contributed by atoms with Crippen molar-refractivity contribution in [2.24, 2.45) is 0 Å². The van der Waals surface area contributed by atoms with E-state index in [0.29, 0.717) is 0 Å². The molecule has 0 aromatic heterocycles.